The zero-order valence-corrected chi connectivity index (χ0v) is 11.6. The van der Waals surface area contributed by atoms with Crippen LogP contribution in [0.1, 0.15) is 17.3 Å². The molecule has 0 spiro atoms. The highest BCUT2D eigenvalue weighted by atomic mass is 16.2. The zero-order chi connectivity index (χ0) is 15.0. The number of hydrogen-bond donors (Lipinski definition) is 3. The Morgan fingerprint density at radius 2 is 2.00 bits per heavy atom. The number of carbonyl (C=O) groups is 3. The van der Waals surface area contributed by atoms with Gasteiger partial charge in [0.1, 0.15) is 12.6 Å². The van der Waals surface area contributed by atoms with Crippen LogP contribution in [0.3, 0.4) is 0 Å². The van der Waals surface area contributed by atoms with Gasteiger partial charge in [-0.05, 0) is 19.1 Å². The van der Waals surface area contributed by atoms with E-state index in [-0.39, 0.29) is 12.5 Å². The van der Waals surface area contributed by atoms with E-state index in [0.717, 1.165) is 17.9 Å². The molecule has 1 saturated heterocycles. The first-order valence-electron chi connectivity index (χ1n) is 6.83. The second-order valence-electron chi connectivity index (χ2n) is 5.10. The number of nitrogens with zero attached hydrogens (tertiary/aromatic N) is 1. The van der Waals surface area contributed by atoms with Gasteiger partial charge in [0.05, 0.1) is 16.9 Å². The molecule has 110 valence electrons. The molecule has 7 nitrogen and oxygen atoms in total. The number of fused-ring (bicyclic) bond motifs is 1. The largest absolute Gasteiger partial charge is 0.382 e. The van der Waals surface area contributed by atoms with Crippen molar-refractivity contribution < 1.29 is 14.4 Å². The molecule has 3 rings (SSSR count). The molecule has 1 unspecified atom stereocenters. The SMILES string of the molecule is CC1C(=O)NC(=O)CN1C(=O)c1cccc2c1NCCN2. The lowest BCUT2D eigenvalue weighted by Gasteiger charge is -2.33. The summed E-state index contributed by atoms with van der Waals surface area (Å²) in [6, 6.07) is 4.70. The van der Waals surface area contributed by atoms with E-state index in [0.29, 0.717) is 12.1 Å². The molecule has 1 aromatic rings. The maximum absolute atomic E-state index is 12.7. The molecule has 1 atom stereocenters. The molecular formula is C14H16N4O3. The van der Waals surface area contributed by atoms with Crippen LogP contribution in [-0.4, -0.2) is 48.3 Å². The number of hydrogen-bond acceptors (Lipinski definition) is 5. The molecule has 3 amide bonds. The monoisotopic (exact) mass is 288 g/mol. The fraction of sp³-hybridized carbons (Fsp3) is 0.357. The molecule has 0 aromatic heterocycles. The Kier molecular flexibility index (Phi) is 3.25. The molecular weight excluding hydrogens is 272 g/mol. The van der Waals surface area contributed by atoms with Gasteiger partial charge in [-0.3, -0.25) is 19.7 Å². The van der Waals surface area contributed by atoms with Crippen LogP contribution in [0.15, 0.2) is 18.2 Å². The zero-order valence-electron chi connectivity index (χ0n) is 11.6. The molecule has 1 fully saturated rings. The number of rotatable bonds is 1. The Bertz CT molecular complexity index is 629. The minimum atomic E-state index is -0.664. The molecule has 21 heavy (non-hydrogen) atoms. The Labute approximate surface area is 121 Å². The van der Waals surface area contributed by atoms with Gasteiger partial charge in [0.15, 0.2) is 0 Å². The average molecular weight is 288 g/mol. The van der Waals surface area contributed by atoms with E-state index in [2.05, 4.69) is 16.0 Å². The fourth-order valence-electron chi connectivity index (χ4n) is 2.57. The van der Waals surface area contributed by atoms with Crippen LogP contribution >= 0.6 is 0 Å². The molecule has 2 heterocycles. The van der Waals surface area contributed by atoms with Gasteiger partial charge in [-0.1, -0.05) is 6.07 Å². The minimum absolute atomic E-state index is 0.108. The van der Waals surface area contributed by atoms with Crippen molar-refractivity contribution in [1.82, 2.24) is 10.2 Å². The van der Waals surface area contributed by atoms with Crippen molar-refractivity contribution in [1.29, 1.82) is 0 Å². The number of carbonyl (C=O) groups excluding carboxylic acids is 3. The van der Waals surface area contributed by atoms with Gasteiger partial charge >= 0.3 is 0 Å². The molecule has 0 radical (unpaired) electrons. The van der Waals surface area contributed by atoms with Gasteiger partial charge in [-0.15, -0.1) is 0 Å². The van der Waals surface area contributed by atoms with Crippen LogP contribution in [0, 0.1) is 0 Å². The minimum Gasteiger partial charge on any atom is -0.382 e. The van der Waals surface area contributed by atoms with Crippen LogP contribution in [0.25, 0.3) is 0 Å². The fourth-order valence-corrected chi connectivity index (χ4v) is 2.57. The van der Waals surface area contributed by atoms with E-state index < -0.39 is 17.9 Å². The molecule has 7 heteroatoms. The molecule has 2 aliphatic rings. The van der Waals surface area contributed by atoms with Crippen molar-refractivity contribution in [3.05, 3.63) is 23.8 Å². The van der Waals surface area contributed by atoms with Crippen molar-refractivity contribution in [2.75, 3.05) is 30.3 Å². The summed E-state index contributed by atoms with van der Waals surface area (Å²) in [5.74, 6) is -1.23. The van der Waals surface area contributed by atoms with E-state index in [1.807, 2.05) is 6.07 Å². The summed E-state index contributed by atoms with van der Waals surface area (Å²) in [7, 11) is 0. The first kappa shape index (κ1) is 13.4. The van der Waals surface area contributed by atoms with Crippen molar-refractivity contribution in [2.45, 2.75) is 13.0 Å². The molecule has 0 bridgehead atoms. The Morgan fingerprint density at radius 3 is 2.81 bits per heavy atom. The number of piperazine rings is 1. The van der Waals surface area contributed by atoms with E-state index in [4.69, 9.17) is 0 Å². The Balaban J connectivity index is 1.95. The first-order valence-corrected chi connectivity index (χ1v) is 6.83. The van der Waals surface area contributed by atoms with E-state index in [9.17, 15) is 14.4 Å². The Hall–Kier alpha value is -2.57. The number of benzene rings is 1. The summed E-state index contributed by atoms with van der Waals surface area (Å²) < 4.78 is 0. The first-order chi connectivity index (χ1) is 10.1. The third-order valence-electron chi connectivity index (χ3n) is 3.72. The van der Waals surface area contributed by atoms with Gasteiger partial charge in [0, 0.05) is 13.1 Å². The molecule has 0 aliphatic carbocycles. The smallest absolute Gasteiger partial charge is 0.257 e. The predicted molar refractivity (Wildman–Crippen MR) is 77.1 cm³/mol. The van der Waals surface area contributed by atoms with Crippen LogP contribution in [-0.2, 0) is 9.59 Å². The molecule has 2 aliphatic heterocycles. The van der Waals surface area contributed by atoms with Gasteiger partial charge < -0.3 is 15.5 Å². The predicted octanol–water partition coefficient (Wildman–Crippen LogP) is 0.0111. The molecule has 0 saturated carbocycles. The van der Waals surface area contributed by atoms with Crippen molar-refractivity contribution in [2.24, 2.45) is 0 Å². The van der Waals surface area contributed by atoms with E-state index >= 15 is 0 Å². The number of anilines is 2. The summed E-state index contributed by atoms with van der Waals surface area (Å²) in [5, 5.41) is 8.63. The second-order valence-corrected chi connectivity index (χ2v) is 5.10. The van der Waals surface area contributed by atoms with E-state index in [1.165, 1.54) is 4.90 Å². The molecule has 3 N–H and O–H groups in total. The third-order valence-corrected chi connectivity index (χ3v) is 3.72. The molecule has 1 aromatic carbocycles. The average Bonchev–Trinajstić information content (AvgIpc) is 2.49. The van der Waals surface area contributed by atoms with Crippen molar-refractivity contribution in [3.8, 4) is 0 Å². The summed E-state index contributed by atoms with van der Waals surface area (Å²) in [4.78, 5) is 37.2. The van der Waals surface area contributed by atoms with Gasteiger partial charge in [-0.2, -0.15) is 0 Å². The summed E-state index contributed by atoms with van der Waals surface area (Å²) >= 11 is 0. The lowest BCUT2D eigenvalue weighted by atomic mass is 10.1. The number of para-hydroxylation sites is 1. The normalized spacial score (nSPS) is 21.0. The third kappa shape index (κ3) is 2.31. The lowest BCUT2D eigenvalue weighted by molar-refractivity contribution is -0.138. The van der Waals surface area contributed by atoms with Crippen LogP contribution in [0.4, 0.5) is 11.4 Å². The Morgan fingerprint density at radius 1 is 1.24 bits per heavy atom. The van der Waals surface area contributed by atoms with Crippen LogP contribution in [0.2, 0.25) is 0 Å². The number of imide groups is 1. The maximum Gasteiger partial charge on any atom is 0.257 e. The highest BCUT2D eigenvalue weighted by Crippen LogP contribution is 2.29. The quantitative estimate of drug-likeness (QED) is 0.633. The van der Waals surface area contributed by atoms with Crippen LogP contribution < -0.4 is 16.0 Å². The van der Waals surface area contributed by atoms with Crippen LogP contribution in [0.5, 0.6) is 0 Å². The maximum atomic E-state index is 12.7. The van der Waals surface area contributed by atoms with Gasteiger partial charge in [-0.25, -0.2) is 0 Å². The topological polar surface area (TPSA) is 90.5 Å². The highest BCUT2D eigenvalue weighted by Gasteiger charge is 2.35. The summed E-state index contributed by atoms with van der Waals surface area (Å²) in [6.45, 7) is 3.00. The number of nitrogens with one attached hydrogen (secondary N) is 3. The second kappa shape index (κ2) is 5.08. The van der Waals surface area contributed by atoms with Crippen molar-refractivity contribution in [3.63, 3.8) is 0 Å². The van der Waals surface area contributed by atoms with Crippen molar-refractivity contribution >= 4 is 29.1 Å². The summed E-state index contributed by atoms with van der Waals surface area (Å²) in [6.07, 6.45) is 0. The highest BCUT2D eigenvalue weighted by molar-refractivity contribution is 6.09. The standard InChI is InChI=1S/C14H16N4O3/c1-8-13(20)17-11(19)7-18(8)14(21)9-3-2-4-10-12(9)16-6-5-15-10/h2-4,8,15-16H,5-7H2,1H3,(H,17,19,20). The van der Waals surface area contributed by atoms with E-state index in [1.54, 1.807) is 19.1 Å². The lowest BCUT2D eigenvalue weighted by Crippen LogP contribution is -2.58. The van der Waals surface area contributed by atoms with Gasteiger partial charge in [0.25, 0.3) is 5.91 Å². The number of amides is 3. The summed E-state index contributed by atoms with van der Waals surface area (Å²) in [5.41, 5.74) is 2.04. The van der Waals surface area contributed by atoms with Gasteiger partial charge in [0.2, 0.25) is 11.8 Å².